The summed E-state index contributed by atoms with van der Waals surface area (Å²) in [7, 11) is 0. The molecule has 1 aliphatic carbocycles. The van der Waals surface area contributed by atoms with E-state index in [0.29, 0.717) is 27.3 Å². The van der Waals surface area contributed by atoms with Crippen molar-refractivity contribution >= 4 is 23.4 Å². The van der Waals surface area contributed by atoms with Gasteiger partial charge < -0.3 is 0 Å². The standard InChI is InChI=1S/C21H18N4OS/c22-11-16-19(15-9-5-2-6-10-15)17(12-23)21(25-20(16)24)27-13-18(26)14-7-3-1-4-8-14/h1-5,7-8,15H,6,9-10,13H2,(H2,24,25)/p+1/t15-/m1/s1. The third-order valence-electron chi connectivity index (χ3n) is 4.63. The molecule has 0 bridgehead atoms. The van der Waals surface area contributed by atoms with E-state index >= 15 is 0 Å². The minimum Gasteiger partial charge on any atom is -0.293 e. The number of nitriles is 2. The summed E-state index contributed by atoms with van der Waals surface area (Å²) in [4.78, 5) is 15.4. The van der Waals surface area contributed by atoms with Crippen LogP contribution in [0, 0.1) is 22.7 Å². The number of nitrogen functional groups attached to an aromatic ring is 1. The molecule has 0 fully saturated rings. The number of benzene rings is 1. The highest BCUT2D eigenvalue weighted by Gasteiger charge is 2.28. The first-order valence-corrected chi connectivity index (χ1v) is 9.69. The van der Waals surface area contributed by atoms with Gasteiger partial charge in [-0.15, -0.1) is 0 Å². The molecule has 0 radical (unpaired) electrons. The normalized spacial score (nSPS) is 15.7. The maximum Gasteiger partial charge on any atom is 0.289 e. The first kappa shape index (κ1) is 18.7. The van der Waals surface area contributed by atoms with Crippen molar-refractivity contribution in [1.29, 1.82) is 10.5 Å². The number of aromatic nitrogens is 1. The van der Waals surface area contributed by atoms with Crippen LogP contribution in [0.1, 0.15) is 52.2 Å². The van der Waals surface area contributed by atoms with Crippen molar-refractivity contribution < 1.29 is 9.78 Å². The number of allylic oxidation sites excluding steroid dienone is 2. The maximum absolute atomic E-state index is 12.4. The van der Waals surface area contributed by atoms with Gasteiger partial charge in [-0.05, 0) is 25.2 Å². The molecule has 3 rings (SSSR count). The minimum absolute atomic E-state index is 0.0250. The van der Waals surface area contributed by atoms with Crippen LogP contribution in [0.4, 0.5) is 5.82 Å². The van der Waals surface area contributed by atoms with Crippen LogP contribution < -0.4 is 10.7 Å². The smallest absolute Gasteiger partial charge is 0.289 e. The van der Waals surface area contributed by atoms with Crippen LogP contribution in [-0.4, -0.2) is 11.5 Å². The van der Waals surface area contributed by atoms with Crippen molar-refractivity contribution in [2.75, 3.05) is 11.5 Å². The Balaban J connectivity index is 1.95. The highest BCUT2D eigenvalue weighted by Crippen LogP contribution is 2.37. The maximum atomic E-state index is 12.4. The fourth-order valence-electron chi connectivity index (χ4n) is 3.29. The third-order valence-corrected chi connectivity index (χ3v) is 5.63. The summed E-state index contributed by atoms with van der Waals surface area (Å²) in [5, 5.41) is 19.9. The van der Waals surface area contributed by atoms with E-state index < -0.39 is 0 Å². The Labute approximate surface area is 162 Å². The average molecular weight is 375 g/mol. The molecule has 1 aromatic heterocycles. The van der Waals surface area contributed by atoms with Crippen molar-refractivity contribution in [2.45, 2.75) is 30.2 Å². The summed E-state index contributed by atoms with van der Waals surface area (Å²) in [6.45, 7) is 0. The summed E-state index contributed by atoms with van der Waals surface area (Å²) in [5.74, 6) is 0.490. The van der Waals surface area contributed by atoms with Gasteiger partial charge in [-0.3, -0.25) is 10.5 Å². The molecule has 0 amide bonds. The molecule has 0 unspecified atom stereocenters. The Morgan fingerprint density at radius 1 is 1.19 bits per heavy atom. The van der Waals surface area contributed by atoms with Crippen LogP contribution in [0.25, 0.3) is 0 Å². The van der Waals surface area contributed by atoms with Crippen LogP contribution in [0.2, 0.25) is 0 Å². The summed E-state index contributed by atoms with van der Waals surface area (Å²) in [5.41, 5.74) is 8.17. The van der Waals surface area contributed by atoms with E-state index in [4.69, 9.17) is 5.73 Å². The fraction of sp³-hybridized carbons (Fsp3) is 0.238. The second-order valence-electron chi connectivity index (χ2n) is 6.31. The highest BCUT2D eigenvalue weighted by atomic mass is 32.2. The fourth-order valence-corrected chi connectivity index (χ4v) is 4.21. The van der Waals surface area contributed by atoms with E-state index in [-0.39, 0.29) is 23.3 Å². The third kappa shape index (κ3) is 4.02. The lowest BCUT2D eigenvalue weighted by atomic mass is 9.83. The van der Waals surface area contributed by atoms with Gasteiger partial charge in [-0.25, -0.2) is 4.98 Å². The number of rotatable bonds is 5. The van der Waals surface area contributed by atoms with Crippen molar-refractivity contribution in [3.8, 4) is 12.1 Å². The number of anilines is 1. The Morgan fingerprint density at radius 3 is 2.56 bits per heavy atom. The van der Waals surface area contributed by atoms with E-state index in [0.717, 1.165) is 19.3 Å². The van der Waals surface area contributed by atoms with Crippen LogP contribution in [0.3, 0.4) is 0 Å². The molecule has 2 aromatic rings. The Bertz CT molecular complexity index is 970. The van der Waals surface area contributed by atoms with Crippen LogP contribution >= 0.6 is 11.8 Å². The second-order valence-corrected chi connectivity index (χ2v) is 7.30. The lowest BCUT2D eigenvalue weighted by Gasteiger charge is -2.21. The topological polar surface area (TPSA) is 105 Å². The molecule has 134 valence electrons. The number of carbonyl (C=O) groups excluding carboxylic acids is 1. The van der Waals surface area contributed by atoms with E-state index in [1.165, 1.54) is 11.8 Å². The van der Waals surface area contributed by atoms with E-state index in [1.54, 1.807) is 12.1 Å². The SMILES string of the molecule is N#Cc1c(N)[nH+]c(SCC(=O)c2ccccc2)c(C#N)c1[C@@H]1CC=CCC1. The lowest BCUT2D eigenvalue weighted by Crippen LogP contribution is -2.22. The Hall–Kier alpha value is -3.09. The van der Waals surface area contributed by atoms with Crippen molar-refractivity contribution in [3.63, 3.8) is 0 Å². The summed E-state index contributed by atoms with van der Waals surface area (Å²) >= 11 is 1.25. The highest BCUT2D eigenvalue weighted by molar-refractivity contribution is 7.99. The Morgan fingerprint density at radius 2 is 1.93 bits per heavy atom. The number of hydrogen-bond donors (Lipinski definition) is 1. The van der Waals surface area contributed by atoms with Gasteiger partial charge in [-0.2, -0.15) is 10.5 Å². The van der Waals surface area contributed by atoms with Gasteiger partial charge >= 0.3 is 0 Å². The minimum atomic E-state index is -0.0250. The molecule has 1 atom stereocenters. The number of thioether (sulfide) groups is 1. The molecule has 0 saturated carbocycles. The number of pyridine rings is 1. The van der Waals surface area contributed by atoms with Gasteiger partial charge in [-0.1, -0.05) is 54.2 Å². The van der Waals surface area contributed by atoms with Crippen molar-refractivity contribution in [1.82, 2.24) is 0 Å². The van der Waals surface area contributed by atoms with Gasteiger partial charge in [0.2, 0.25) is 0 Å². The van der Waals surface area contributed by atoms with Gasteiger partial charge in [0.1, 0.15) is 23.3 Å². The number of nitrogens with zero attached hydrogens (tertiary/aromatic N) is 2. The number of ketones is 1. The molecule has 0 aliphatic heterocycles. The molecule has 0 spiro atoms. The number of carbonyl (C=O) groups is 1. The number of Topliss-reactive ketones (excluding diaryl/α,β-unsaturated/α-hetero) is 1. The molecule has 3 N–H and O–H groups in total. The van der Waals surface area contributed by atoms with Gasteiger partial charge in [0, 0.05) is 11.1 Å². The molecule has 5 nitrogen and oxygen atoms in total. The zero-order chi connectivity index (χ0) is 19.2. The molecular formula is C21H19N4OS+. The average Bonchev–Trinajstić information content (AvgIpc) is 2.72. The molecule has 1 aromatic carbocycles. The number of H-pyrrole nitrogens is 1. The number of aromatic amines is 1. The van der Waals surface area contributed by atoms with E-state index in [1.807, 2.05) is 18.2 Å². The van der Waals surface area contributed by atoms with Crippen LogP contribution in [-0.2, 0) is 0 Å². The van der Waals surface area contributed by atoms with Gasteiger partial charge in [0.25, 0.3) is 5.82 Å². The van der Waals surface area contributed by atoms with E-state index in [2.05, 4.69) is 29.3 Å². The first-order valence-electron chi connectivity index (χ1n) is 8.70. The Kier molecular flexibility index (Phi) is 5.90. The first-order chi connectivity index (χ1) is 13.2. The number of hydrogen-bond acceptors (Lipinski definition) is 5. The summed E-state index contributed by atoms with van der Waals surface area (Å²) < 4.78 is 0. The second kappa shape index (κ2) is 8.53. The molecule has 6 heteroatoms. The molecule has 1 heterocycles. The molecule has 27 heavy (non-hydrogen) atoms. The largest absolute Gasteiger partial charge is 0.293 e. The zero-order valence-corrected chi connectivity index (χ0v) is 15.6. The molecular weight excluding hydrogens is 356 g/mol. The van der Waals surface area contributed by atoms with Crippen LogP contribution in [0.15, 0.2) is 47.5 Å². The van der Waals surface area contributed by atoms with Crippen molar-refractivity contribution in [3.05, 3.63) is 64.7 Å². The predicted molar refractivity (Wildman–Crippen MR) is 104 cm³/mol. The monoisotopic (exact) mass is 375 g/mol. The van der Waals surface area contributed by atoms with Crippen molar-refractivity contribution in [2.24, 2.45) is 0 Å². The summed E-state index contributed by atoms with van der Waals surface area (Å²) in [6.07, 6.45) is 6.75. The predicted octanol–water partition coefficient (Wildman–Crippen LogP) is 3.62. The molecule has 0 saturated heterocycles. The molecule has 1 aliphatic rings. The zero-order valence-electron chi connectivity index (χ0n) is 14.7. The van der Waals surface area contributed by atoms with Crippen LogP contribution in [0.5, 0.6) is 0 Å². The summed E-state index contributed by atoms with van der Waals surface area (Å²) in [6, 6.07) is 13.4. The van der Waals surface area contributed by atoms with Gasteiger partial charge in [0.15, 0.2) is 10.8 Å². The quantitative estimate of drug-likeness (QED) is 0.488. The number of nitrogens with two attached hydrogens (primary N) is 1. The lowest BCUT2D eigenvalue weighted by molar-refractivity contribution is -0.410. The van der Waals surface area contributed by atoms with Gasteiger partial charge in [0.05, 0.1) is 5.75 Å². The number of nitrogens with one attached hydrogen (secondary N) is 1. The van der Waals surface area contributed by atoms with E-state index in [9.17, 15) is 15.3 Å².